The van der Waals surface area contributed by atoms with Gasteiger partial charge in [0.25, 0.3) is 5.91 Å². The lowest BCUT2D eigenvalue weighted by Crippen LogP contribution is -2.31. The van der Waals surface area contributed by atoms with Gasteiger partial charge in [-0.05, 0) is 50.7 Å². The molecule has 2 rings (SSSR count). The molecule has 0 aliphatic heterocycles. The van der Waals surface area contributed by atoms with Crippen molar-refractivity contribution in [2.75, 3.05) is 25.0 Å². The van der Waals surface area contributed by atoms with Gasteiger partial charge in [-0.25, -0.2) is 0 Å². The maximum atomic E-state index is 12.3. The van der Waals surface area contributed by atoms with Crippen LogP contribution in [0.15, 0.2) is 18.3 Å². The molecule has 1 aromatic heterocycles. The van der Waals surface area contributed by atoms with E-state index in [1.807, 2.05) is 26.0 Å². The first-order valence-corrected chi connectivity index (χ1v) is 7.64. The molecule has 1 N–H and O–H groups in total. The van der Waals surface area contributed by atoms with Gasteiger partial charge in [0.2, 0.25) is 0 Å². The number of amides is 1. The van der Waals surface area contributed by atoms with Crippen LogP contribution in [0, 0.1) is 11.8 Å². The van der Waals surface area contributed by atoms with Gasteiger partial charge in [0.1, 0.15) is 5.69 Å². The van der Waals surface area contributed by atoms with E-state index in [4.69, 9.17) is 0 Å². The monoisotopic (exact) mass is 275 g/mol. The first-order chi connectivity index (χ1) is 9.65. The third-order valence-electron chi connectivity index (χ3n) is 4.08. The molecule has 1 saturated carbocycles. The van der Waals surface area contributed by atoms with Crippen molar-refractivity contribution in [2.24, 2.45) is 11.8 Å². The molecule has 0 aromatic carbocycles. The highest BCUT2D eigenvalue weighted by Gasteiger charge is 2.27. The molecule has 20 heavy (non-hydrogen) atoms. The molecule has 1 unspecified atom stereocenters. The predicted molar refractivity (Wildman–Crippen MR) is 81.9 cm³/mol. The third kappa shape index (κ3) is 3.71. The second-order valence-electron chi connectivity index (χ2n) is 5.60. The van der Waals surface area contributed by atoms with Gasteiger partial charge in [0.05, 0.1) is 0 Å². The smallest absolute Gasteiger partial charge is 0.272 e. The number of nitrogens with one attached hydrogen (secondary N) is 1. The molecule has 4 nitrogen and oxygen atoms in total. The molecule has 0 bridgehead atoms. The summed E-state index contributed by atoms with van der Waals surface area (Å²) >= 11 is 0. The van der Waals surface area contributed by atoms with Gasteiger partial charge >= 0.3 is 0 Å². The van der Waals surface area contributed by atoms with E-state index in [-0.39, 0.29) is 5.91 Å². The number of carbonyl (C=O) groups is 1. The Hall–Kier alpha value is -1.58. The number of aromatic nitrogens is 1. The van der Waals surface area contributed by atoms with Crippen molar-refractivity contribution in [2.45, 2.75) is 33.6 Å². The minimum Gasteiger partial charge on any atom is -0.385 e. The molecule has 4 heteroatoms. The maximum absolute atomic E-state index is 12.3. The molecule has 0 saturated heterocycles. The molecular weight excluding hydrogens is 250 g/mol. The highest BCUT2D eigenvalue weighted by atomic mass is 16.2. The van der Waals surface area contributed by atoms with Crippen LogP contribution in [0.1, 0.15) is 44.1 Å². The molecule has 1 aliphatic carbocycles. The van der Waals surface area contributed by atoms with Gasteiger partial charge in [0.15, 0.2) is 0 Å². The van der Waals surface area contributed by atoms with Crippen molar-refractivity contribution in [3.8, 4) is 0 Å². The molecule has 110 valence electrons. The van der Waals surface area contributed by atoms with Gasteiger partial charge in [-0.2, -0.15) is 0 Å². The number of rotatable bonds is 7. The topological polar surface area (TPSA) is 45.2 Å². The van der Waals surface area contributed by atoms with Crippen LogP contribution in [0.25, 0.3) is 0 Å². The van der Waals surface area contributed by atoms with Gasteiger partial charge < -0.3 is 10.2 Å². The van der Waals surface area contributed by atoms with Crippen LogP contribution in [-0.2, 0) is 0 Å². The zero-order chi connectivity index (χ0) is 14.5. The Balaban J connectivity index is 1.97. The summed E-state index contributed by atoms with van der Waals surface area (Å²) in [6.07, 6.45) is 4.44. The van der Waals surface area contributed by atoms with E-state index in [1.54, 1.807) is 11.1 Å². The number of hydrogen-bond acceptors (Lipinski definition) is 3. The second-order valence-corrected chi connectivity index (χ2v) is 5.60. The van der Waals surface area contributed by atoms with Crippen LogP contribution in [0.2, 0.25) is 0 Å². The summed E-state index contributed by atoms with van der Waals surface area (Å²) < 4.78 is 0. The standard InChI is InChI=1S/C16H25N3O/c1-4-19(5-2)16(20)15-10-14(8-9-17-15)18-11-12(3)13-6-7-13/h8-10,12-13H,4-7,11H2,1-3H3,(H,17,18). The van der Waals surface area contributed by atoms with Gasteiger partial charge in [0, 0.05) is 31.5 Å². The third-order valence-corrected chi connectivity index (χ3v) is 4.08. The van der Waals surface area contributed by atoms with Crippen LogP contribution in [0.3, 0.4) is 0 Å². The molecule has 1 atom stereocenters. The SMILES string of the molecule is CCN(CC)C(=O)c1cc(NCC(C)C2CC2)ccn1. The number of pyridine rings is 1. The van der Waals surface area contributed by atoms with E-state index in [9.17, 15) is 4.79 Å². The summed E-state index contributed by atoms with van der Waals surface area (Å²) in [5.41, 5.74) is 1.51. The summed E-state index contributed by atoms with van der Waals surface area (Å²) in [7, 11) is 0. The molecule has 1 aliphatic rings. The van der Waals surface area contributed by atoms with Crippen LogP contribution < -0.4 is 5.32 Å². The maximum Gasteiger partial charge on any atom is 0.272 e. The first-order valence-electron chi connectivity index (χ1n) is 7.64. The lowest BCUT2D eigenvalue weighted by molar-refractivity contribution is 0.0767. The first kappa shape index (κ1) is 14.8. The zero-order valence-electron chi connectivity index (χ0n) is 12.7. The summed E-state index contributed by atoms with van der Waals surface area (Å²) in [5, 5.41) is 3.43. The van der Waals surface area contributed by atoms with Crippen molar-refractivity contribution >= 4 is 11.6 Å². The predicted octanol–water partition coefficient (Wildman–Crippen LogP) is 3.02. The lowest BCUT2D eigenvalue weighted by Gasteiger charge is -2.18. The second kappa shape index (κ2) is 6.73. The molecule has 1 fully saturated rings. The molecule has 1 amide bonds. The fraction of sp³-hybridized carbons (Fsp3) is 0.625. The number of anilines is 1. The quantitative estimate of drug-likeness (QED) is 0.832. The summed E-state index contributed by atoms with van der Waals surface area (Å²) in [6, 6.07) is 3.79. The molecule has 1 heterocycles. The van der Waals surface area contributed by atoms with Crippen LogP contribution >= 0.6 is 0 Å². The van der Waals surface area contributed by atoms with Crippen molar-refractivity contribution in [1.82, 2.24) is 9.88 Å². The molecule has 0 radical (unpaired) electrons. The van der Waals surface area contributed by atoms with Crippen molar-refractivity contribution in [1.29, 1.82) is 0 Å². The minimum absolute atomic E-state index is 0.00823. The Morgan fingerprint density at radius 1 is 1.45 bits per heavy atom. The number of nitrogens with zero attached hydrogens (tertiary/aromatic N) is 2. The summed E-state index contributed by atoms with van der Waals surface area (Å²) in [4.78, 5) is 18.2. The van der Waals surface area contributed by atoms with Crippen LogP contribution in [0.4, 0.5) is 5.69 Å². The molecule has 1 aromatic rings. The Morgan fingerprint density at radius 3 is 2.75 bits per heavy atom. The van der Waals surface area contributed by atoms with Gasteiger partial charge in [-0.3, -0.25) is 9.78 Å². The number of hydrogen-bond donors (Lipinski definition) is 1. The fourth-order valence-electron chi connectivity index (χ4n) is 2.44. The van der Waals surface area contributed by atoms with Gasteiger partial charge in [-0.1, -0.05) is 6.92 Å². The van der Waals surface area contributed by atoms with E-state index in [0.29, 0.717) is 24.7 Å². The van der Waals surface area contributed by atoms with E-state index < -0.39 is 0 Å². The minimum atomic E-state index is 0.00823. The van der Waals surface area contributed by atoms with E-state index in [0.717, 1.165) is 18.2 Å². The Labute approximate surface area is 121 Å². The Morgan fingerprint density at radius 2 is 2.15 bits per heavy atom. The average molecular weight is 275 g/mol. The largest absolute Gasteiger partial charge is 0.385 e. The van der Waals surface area contributed by atoms with Gasteiger partial charge in [-0.15, -0.1) is 0 Å². The van der Waals surface area contributed by atoms with Crippen molar-refractivity contribution in [3.63, 3.8) is 0 Å². The fourth-order valence-corrected chi connectivity index (χ4v) is 2.44. The zero-order valence-corrected chi connectivity index (χ0v) is 12.7. The highest BCUT2D eigenvalue weighted by molar-refractivity contribution is 5.93. The van der Waals surface area contributed by atoms with E-state index in [2.05, 4.69) is 17.2 Å². The lowest BCUT2D eigenvalue weighted by atomic mass is 10.1. The summed E-state index contributed by atoms with van der Waals surface area (Å²) in [5.74, 6) is 1.60. The molecule has 0 spiro atoms. The Bertz CT molecular complexity index is 453. The summed E-state index contributed by atoms with van der Waals surface area (Å²) in [6.45, 7) is 8.66. The Kier molecular flexibility index (Phi) is 4.99. The number of carbonyl (C=O) groups excluding carboxylic acids is 1. The van der Waals surface area contributed by atoms with Crippen molar-refractivity contribution in [3.05, 3.63) is 24.0 Å². The van der Waals surface area contributed by atoms with Crippen LogP contribution in [0.5, 0.6) is 0 Å². The normalized spacial score (nSPS) is 15.8. The molecular formula is C16H25N3O. The highest BCUT2D eigenvalue weighted by Crippen LogP contribution is 2.36. The average Bonchev–Trinajstić information content (AvgIpc) is 3.31. The van der Waals surface area contributed by atoms with Crippen LogP contribution in [-0.4, -0.2) is 35.4 Å². The van der Waals surface area contributed by atoms with E-state index in [1.165, 1.54) is 12.8 Å². The van der Waals surface area contributed by atoms with E-state index >= 15 is 0 Å². The van der Waals surface area contributed by atoms with Crippen molar-refractivity contribution < 1.29 is 4.79 Å².